The van der Waals surface area contributed by atoms with E-state index in [1.807, 2.05) is 30.3 Å². The smallest absolute Gasteiger partial charge is 0.407 e. The van der Waals surface area contributed by atoms with Crippen LogP contribution in [0.5, 0.6) is 0 Å². The van der Waals surface area contributed by atoms with Gasteiger partial charge in [0.05, 0.1) is 12.7 Å². The molecule has 5 aliphatic rings. The molecule has 0 aliphatic heterocycles. The summed E-state index contributed by atoms with van der Waals surface area (Å²) in [6.45, 7) is 13.1. The van der Waals surface area contributed by atoms with E-state index in [9.17, 15) is 14.7 Å². The van der Waals surface area contributed by atoms with Crippen LogP contribution in [0.15, 0.2) is 72.3 Å². The Balaban J connectivity index is 0.870. The summed E-state index contributed by atoms with van der Waals surface area (Å²) in [5.41, 5.74) is 6.96. The van der Waals surface area contributed by atoms with Gasteiger partial charge in [-0.3, -0.25) is 0 Å². The Kier molecular flexibility index (Phi) is 11.8. The van der Waals surface area contributed by atoms with Crippen LogP contribution in [0.25, 0.3) is 11.1 Å². The predicted octanol–water partition coefficient (Wildman–Crippen LogP) is 11.4. The standard InChI is InChI=1S/C48H65NO5/c1-31(2)13-12-14-32(3)41-22-23-42-39-21-20-33-29-34(24-26-47(33,4)43(39)25-27-48(41,42)5)53-28-11-10-19-44(45(50)51)49-46(52)54-30-40-37-17-8-6-15-35(37)36-16-7-9-18-38(36)40/h6-11,15-18,20,31-32,34,39-44H,12-14,19,21-30H2,1-5H3,(H,49,52)(H,50,51)/t32-,34?,39+,41?,42+,43+,44+,47+,48-/m1/s1. The van der Waals surface area contributed by atoms with Crippen molar-refractivity contribution in [3.63, 3.8) is 0 Å². The monoisotopic (exact) mass is 735 g/mol. The quantitative estimate of drug-likeness (QED) is 0.189. The Hall–Kier alpha value is -3.38. The Morgan fingerprint density at radius 3 is 2.33 bits per heavy atom. The van der Waals surface area contributed by atoms with Gasteiger partial charge < -0.3 is 19.9 Å². The molecule has 1 amide bonds. The highest BCUT2D eigenvalue weighted by atomic mass is 16.5. The number of amides is 1. The molecule has 0 aromatic heterocycles. The second-order valence-corrected chi connectivity index (χ2v) is 18.6. The van der Waals surface area contributed by atoms with E-state index in [0.717, 1.165) is 70.6 Å². The van der Waals surface area contributed by atoms with Gasteiger partial charge in [0.2, 0.25) is 0 Å². The zero-order valence-electron chi connectivity index (χ0n) is 33.5. The molecule has 54 heavy (non-hydrogen) atoms. The number of fused-ring (bicyclic) bond motifs is 8. The van der Waals surface area contributed by atoms with E-state index in [4.69, 9.17) is 9.47 Å². The maximum absolute atomic E-state index is 12.8. The number of aliphatic carboxylic acids is 1. The summed E-state index contributed by atoms with van der Waals surface area (Å²) >= 11 is 0. The van der Waals surface area contributed by atoms with Crippen LogP contribution in [-0.4, -0.2) is 42.5 Å². The van der Waals surface area contributed by atoms with Gasteiger partial charge in [-0.05, 0) is 126 Å². The van der Waals surface area contributed by atoms with Crippen LogP contribution in [0, 0.1) is 46.3 Å². The largest absolute Gasteiger partial charge is 0.480 e. The number of hydrogen-bond acceptors (Lipinski definition) is 4. The summed E-state index contributed by atoms with van der Waals surface area (Å²) < 4.78 is 12.0. The summed E-state index contributed by atoms with van der Waals surface area (Å²) in [5, 5.41) is 12.4. The molecule has 0 spiro atoms. The van der Waals surface area contributed by atoms with Crippen LogP contribution in [-0.2, 0) is 14.3 Å². The molecule has 3 saturated carbocycles. The van der Waals surface area contributed by atoms with Crippen LogP contribution >= 0.6 is 0 Å². The first-order valence-electron chi connectivity index (χ1n) is 21.3. The molecule has 0 saturated heterocycles. The topological polar surface area (TPSA) is 84.9 Å². The normalized spacial score (nSPS) is 31.1. The van der Waals surface area contributed by atoms with Crippen LogP contribution in [0.4, 0.5) is 4.79 Å². The number of carboxylic acids is 1. The molecule has 292 valence electrons. The Labute approximate surface area is 324 Å². The molecule has 2 unspecified atom stereocenters. The maximum atomic E-state index is 12.8. The van der Waals surface area contributed by atoms with Crippen molar-refractivity contribution >= 4 is 12.1 Å². The number of carboxylic acid groups (broad SMARTS) is 1. The number of carbonyl (C=O) groups is 2. The lowest BCUT2D eigenvalue weighted by Gasteiger charge is -2.58. The minimum Gasteiger partial charge on any atom is -0.480 e. The van der Waals surface area contributed by atoms with Crippen LogP contribution in [0.1, 0.15) is 129 Å². The molecule has 5 aliphatic carbocycles. The minimum atomic E-state index is -1.09. The summed E-state index contributed by atoms with van der Waals surface area (Å²) in [6, 6.07) is 15.2. The number of nitrogens with one attached hydrogen (secondary N) is 1. The van der Waals surface area contributed by atoms with E-state index in [2.05, 4.69) is 70.3 Å². The Morgan fingerprint density at radius 2 is 1.63 bits per heavy atom. The molecule has 7 rings (SSSR count). The molecule has 2 N–H and O–H groups in total. The van der Waals surface area contributed by atoms with E-state index in [1.165, 1.54) is 57.8 Å². The van der Waals surface area contributed by atoms with Gasteiger partial charge in [-0.2, -0.15) is 0 Å². The molecular weight excluding hydrogens is 671 g/mol. The highest BCUT2D eigenvalue weighted by Gasteiger charge is 2.59. The van der Waals surface area contributed by atoms with E-state index in [0.29, 0.717) is 17.4 Å². The third-order valence-electron chi connectivity index (χ3n) is 15.2. The van der Waals surface area contributed by atoms with Gasteiger partial charge in [-0.1, -0.05) is 126 Å². The second-order valence-electron chi connectivity index (χ2n) is 18.6. The van der Waals surface area contributed by atoms with Gasteiger partial charge in [0.25, 0.3) is 0 Å². The van der Waals surface area contributed by atoms with Crippen molar-refractivity contribution in [3.05, 3.63) is 83.5 Å². The van der Waals surface area contributed by atoms with Gasteiger partial charge in [0.1, 0.15) is 12.6 Å². The number of allylic oxidation sites excluding steroid dienone is 1. The number of carbonyl (C=O) groups excluding carboxylic acids is 1. The van der Waals surface area contributed by atoms with Crippen molar-refractivity contribution in [1.29, 1.82) is 0 Å². The molecule has 2 aromatic rings. The first-order valence-corrected chi connectivity index (χ1v) is 21.3. The Bertz CT molecular complexity index is 1670. The van der Waals surface area contributed by atoms with Crippen molar-refractivity contribution in [1.82, 2.24) is 5.32 Å². The molecule has 2 aromatic carbocycles. The number of alkyl carbamates (subject to hydrolysis) is 1. The third kappa shape index (κ3) is 7.71. The first-order chi connectivity index (χ1) is 26.0. The molecule has 6 nitrogen and oxygen atoms in total. The minimum absolute atomic E-state index is 0.0801. The predicted molar refractivity (Wildman–Crippen MR) is 216 cm³/mol. The van der Waals surface area contributed by atoms with Crippen LogP contribution in [0.2, 0.25) is 0 Å². The average molecular weight is 736 g/mol. The number of hydrogen-bond donors (Lipinski definition) is 2. The van der Waals surface area contributed by atoms with Gasteiger partial charge in [-0.25, -0.2) is 9.59 Å². The van der Waals surface area contributed by atoms with E-state index < -0.39 is 18.1 Å². The summed E-state index contributed by atoms with van der Waals surface area (Å²) in [5.74, 6) is 3.87. The highest BCUT2D eigenvalue weighted by Crippen LogP contribution is 2.67. The van der Waals surface area contributed by atoms with E-state index >= 15 is 0 Å². The van der Waals surface area contributed by atoms with Gasteiger partial charge in [0, 0.05) is 5.92 Å². The fraction of sp³-hybridized carbons (Fsp3) is 0.625. The molecule has 0 heterocycles. The van der Waals surface area contributed by atoms with Crippen molar-refractivity contribution in [3.8, 4) is 11.1 Å². The van der Waals surface area contributed by atoms with Gasteiger partial charge in [-0.15, -0.1) is 0 Å². The molecular formula is C48H65NO5. The number of rotatable bonds is 14. The van der Waals surface area contributed by atoms with Gasteiger partial charge in [0.15, 0.2) is 0 Å². The van der Waals surface area contributed by atoms with Crippen molar-refractivity contribution < 1.29 is 24.2 Å². The molecule has 0 bridgehead atoms. The lowest BCUT2D eigenvalue weighted by molar-refractivity contribution is -0.139. The zero-order valence-corrected chi connectivity index (χ0v) is 33.5. The number of benzene rings is 2. The molecule has 9 atom stereocenters. The molecule has 3 fully saturated rings. The van der Waals surface area contributed by atoms with Crippen LogP contribution in [0.3, 0.4) is 0 Å². The number of ether oxygens (including phenoxy) is 2. The summed E-state index contributed by atoms with van der Waals surface area (Å²) in [4.78, 5) is 24.8. The second kappa shape index (κ2) is 16.4. The third-order valence-corrected chi connectivity index (χ3v) is 15.2. The van der Waals surface area contributed by atoms with Gasteiger partial charge >= 0.3 is 12.1 Å². The van der Waals surface area contributed by atoms with E-state index in [1.54, 1.807) is 11.6 Å². The average Bonchev–Trinajstić information content (AvgIpc) is 3.68. The van der Waals surface area contributed by atoms with Crippen molar-refractivity contribution in [2.24, 2.45) is 46.3 Å². The SMILES string of the molecule is CC(C)CCC[C@@H](C)C1CC[C@H]2[C@@H]3CC=C4CC(OCC=CC[C@H](NC(=O)OCC5c6ccccc6-c6ccccc65)C(=O)O)CC[C@]4(C)[C@H]3CC[C@]12C. The van der Waals surface area contributed by atoms with Crippen molar-refractivity contribution in [2.45, 2.75) is 130 Å². The summed E-state index contributed by atoms with van der Waals surface area (Å²) in [7, 11) is 0. The van der Waals surface area contributed by atoms with Crippen molar-refractivity contribution in [2.75, 3.05) is 13.2 Å². The fourth-order valence-electron chi connectivity index (χ4n) is 12.3. The zero-order chi connectivity index (χ0) is 38.0. The maximum Gasteiger partial charge on any atom is 0.407 e. The highest BCUT2D eigenvalue weighted by molar-refractivity contribution is 5.81. The fourth-order valence-corrected chi connectivity index (χ4v) is 12.3. The molecule has 0 radical (unpaired) electrons. The first kappa shape index (κ1) is 38.9. The lowest BCUT2D eigenvalue weighted by atomic mass is 9.47. The summed E-state index contributed by atoms with van der Waals surface area (Å²) in [6.07, 6.45) is 20.3. The van der Waals surface area contributed by atoms with Crippen LogP contribution < -0.4 is 5.32 Å². The molecule has 6 heteroatoms. The lowest BCUT2D eigenvalue weighted by Crippen LogP contribution is -2.51. The Morgan fingerprint density at radius 1 is 0.907 bits per heavy atom. The van der Waals surface area contributed by atoms with E-state index in [-0.39, 0.29) is 25.0 Å².